The highest BCUT2D eigenvalue weighted by Crippen LogP contribution is 2.21. The van der Waals surface area contributed by atoms with Gasteiger partial charge >= 0.3 is 0 Å². The maximum atomic E-state index is 9.64. The van der Waals surface area contributed by atoms with E-state index in [0.717, 1.165) is 29.7 Å². The predicted molar refractivity (Wildman–Crippen MR) is 76.9 cm³/mol. The van der Waals surface area contributed by atoms with Crippen molar-refractivity contribution in [3.05, 3.63) is 28.2 Å². The zero-order valence-corrected chi connectivity index (χ0v) is 12.5. The van der Waals surface area contributed by atoms with Crippen molar-refractivity contribution in [1.29, 1.82) is 0 Å². The number of hydrogen-bond donors (Lipinski definition) is 2. The van der Waals surface area contributed by atoms with Crippen LogP contribution in [0.3, 0.4) is 0 Å². The van der Waals surface area contributed by atoms with Crippen molar-refractivity contribution in [3.63, 3.8) is 0 Å². The molecule has 0 heterocycles. The van der Waals surface area contributed by atoms with E-state index in [9.17, 15) is 5.11 Å². The molecular weight excluding hydrogens is 296 g/mol. The molecule has 5 heteroatoms. The number of nitrogens with zero attached hydrogens (tertiary/aromatic N) is 1. The van der Waals surface area contributed by atoms with Gasteiger partial charge in [-0.3, -0.25) is 0 Å². The van der Waals surface area contributed by atoms with Gasteiger partial charge in [0.15, 0.2) is 0 Å². The van der Waals surface area contributed by atoms with Crippen molar-refractivity contribution in [3.8, 4) is 5.75 Å². The summed E-state index contributed by atoms with van der Waals surface area (Å²) in [4.78, 5) is 2.09. The molecule has 4 nitrogen and oxygen atoms in total. The first-order valence-electron chi connectivity index (χ1n) is 6.00. The third-order valence-corrected chi connectivity index (χ3v) is 2.96. The molecule has 0 unspecified atom stereocenters. The summed E-state index contributed by atoms with van der Waals surface area (Å²) in [5, 5.41) is 12.9. The molecular formula is C13H21BrN2O2. The summed E-state index contributed by atoms with van der Waals surface area (Å²) in [6.45, 7) is 3.79. The summed E-state index contributed by atoms with van der Waals surface area (Å²) in [5.41, 5.74) is 0.887. The lowest BCUT2D eigenvalue weighted by molar-refractivity contribution is 0.119. The molecule has 0 aliphatic rings. The molecule has 102 valence electrons. The topological polar surface area (TPSA) is 44.7 Å². The Morgan fingerprint density at radius 1 is 1.33 bits per heavy atom. The molecule has 0 saturated carbocycles. The van der Waals surface area contributed by atoms with Gasteiger partial charge in [-0.05, 0) is 32.3 Å². The Labute approximate surface area is 117 Å². The Balaban J connectivity index is 2.12. The van der Waals surface area contributed by atoms with Crippen LogP contribution < -0.4 is 5.32 Å². The van der Waals surface area contributed by atoms with Crippen LogP contribution in [0.25, 0.3) is 0 Å². The van der Waals surface area contributed by atoms with Crippen LogP contribution in [0.1, 0.15) is 5.56 Å². The third-order valence-electron chi connectivity index (χ3n) is 2.46. The van der Waals surface area contributed by atoms with E-state index in [1.807, 2.05) is 26.2 Å². The van der Waals surface area contributed by atoms with E-state index in [-0.39, 0.29) is 0 Å². The minimum absolute atomic E-state index is 0.319. The molecule has 0 aliphatic heterocycles. The number of phenolic OH excluding ortho intramolecular Hbond substituents is 1. The molecule has 0 bridgehead atoms. The first-order valence-corrected chi connectivity index (χ1v) is 6.79. The summed E-state index contributed by atoms with van der Waals surface area (Å²) in [6.07, 6.45) is 0. The fraction of sp³-hybridized carbons (Fsp3) is 0.538. The molecule has 0 aromatic heterocycles. The summed E-state index contributed by atoms with van der Waals surface area (Å²) < 4.78 is 6.43. The molecule has 0 fully saturated rings. The van der Waals surface area contributed by atoms with Crippen LogP contribution in [0.15, 0.2) is 22.7 Å². The Bertz CT molecular complexity index is 359. The quantitative estimate of drug-likeness (QED) is 0.718. The standard InChI is InChI=1S/C13H21BrN2O2/c1-16(2)6-8-18-7-5-15-10-11-9-12(14)3-4-13(11)17/h3-4,9,15,17H,5-8,10H2,1-2H3. The van der Waals surface area contributed by atoms with Gasteiger partial charge in [-0.1, -0.05) is 15.9 Å². The molecule has 0 atom stereocenters. The number of rotatable bonds is 8. The van der Waals surface area contributed by atoms with E-state index in [0.29, 0.717) is 18.9 Å². The van der Waals surface area contributed by atoms with Gasteiger partial charge in [0, 0.05) is 29.7 Å². The van der Waals surface area contributed by atoms with Gasteiger partial charge in [0.2, 0.25) is 0 Å². The second kappa shape index (κ2) is 8.48. The predicted octanol–water partition coefficient (Wildman–Crippen LogP) is 1.82. The van der Waals surface area contributed by atoms with E-state index in [4.69, 9.17) is 4.74 Å². The van der Waals surface area contributed by atoms with Crippen LogP contribution in [0, 0.1) is 0 Å². The second-order valence-electron chi connectivity index (χ2n) is 4.37. The van der Waals surface area contributed by atoms with E-state index in [1.54, 1.807) is 6.07 Å². The summed E-state index contributed by atoms with van der Waals surface area (Å²) in [6, 6.07) is 5.42. The number of benzene rings is 1. The fourth-order valence-corrected chi connectivity index (χ4v) is 1.82. The number of nitrogens with one attached hydrogen (secondary N) is 1. The lowest BCUT2D eigenvalue weighted by atomic mass is 10.2. The molecule has 0 spiro atoms. The van der Waals surface area contributed by atoms with Crippen molar-refractivity contribution < 1.29 is 9.84 Å². The molecule has 1 aromatic rings. The molecule has 2 N–H and O–H groups in total. The van der Waals surface area contributed by atoms with Crippen molar-refractivity contribution in [1.82, 2.24) is 10.2 Å². The second-order valence-corrected chi connectivity index (χ2v) is 5.28. The summed E-state index contributed by atoms with van der Waals surface area (Å²) in [5.74, 6) is 0.319. The number of halogens is 1. The maximum absolute atomic E-state index is 9.64. The molecule has 0 saturated heterocycles. The third kappa shape index (κ3) is 6.35. The number of ether oxygens (including phenoxy) is 1. The van der Waals surface area contributed by atoms with Gasteiger partial charge in [-0.15, -0.1) is 0 Å². The van der Waals surface area contributed by atoms with Crippen LogP contribution in [0.5, 0.6) is 5.75 Å². The molecule has 1 rings (SSSR count). The maximum Gasteiger partial charge on any atom is 0.120 e. The van der Waals surface area contributed by atoms with Gasteiger partial charge in [-0.25, -0.2) is 0 Å². The average molecular weight is 317 g/mol. The number of phenols is 1. The average Bonchev–Trinajstić information content (AvgIpc) is 2.32. The van der Waals surface area contributed by atoms with Crippen LogP contribution >= 0.6 is 15.9 Å². The molecule has 1 aromatic carbocycles. The van der Waals surface area contributed by atoms with Crippen molar-refractivity contribution >= 4 is 15.9 Å². The number of likely N-dealkylation sites (N-methyl/N-ethyl adjacent to an activating group) is 1. The van der Waals surface area contributed by atoms with Crippen LogP contribution in [0.2, 0.25) is 0 Å². The molecule has 0 aliphatic carbocycles. The number of aromatic hydroxyl groups is 1. The van der Waals surface area contributed by atoms with Crippen molar-refractivity contribution in [2.45, 2.75) is 6.54 Å². The lowest BCUT2D eigenvalue weighted by Crippen LogP contribution is -2.23. The van der Waals surface area contributed by atoms with E-state index in [1.165, 1.54) is 0 Å². The lowest BCUT2D eigenvalue weighted by Gasteiger charge is -2.10. The highest BCUT2D eigenvalue weighted by molar-refractivity contribution is 9.10. The monoisotopic (exact) mass is 316 g/mol. The SMILES string of the molecule is CN(C)CCOCCNCc1cc(Br)ccc1O. The van der Waals surface area contributed by atoms with E-state index >= 15 is 0 Å². The van der Waals surface area contributed by atoms with Crippen LogP contribution in [0.4, 0.5) is 0 Å². The zero-order valence-electron chi connectivity index (χ0n) is 10.9. The fourth-order valence-electron chi connectivity index (χ4n) is 1.41. The van der Waals surface area contributed by atoms with Crippen molar-refractivity contribution in [2.75, 3.05) is 40.4 Å². The Morgan fingerprint density at radius 3 is 2.83 bits per heavy atom. The van der Waals surface area contributed by atoms with Crippen LogP contribution in [-0.4, -0.2) is 50.4 Å². The number of hydrogen-bond acceptors (Lipinski definition) is 4. The van der Waals surface area contributed by atoms with Crippen LogP contribution in [-0.2, 0) is 11.3 Å². The summed E-state index contributed by atoms with van der Waals surface area (Å²) >= 11 is 3.38. The van der Waals surface area contributed by atoms with E-state index in [2.05, 4.69) is 26.1 Å². The van der Waals surface area contributed by atoms with Gasteiger partial charge in [0.1, 0.15) is 5.75 Å². The van der Waals surface area contributed by atoms with Gasteiger partial charge < -0.3 is 20.1 Å². The van der Waals surface area contributed by atoms with Gasteiger partial charge in [0.25, 0.3) is 0 Å². The largest absolute Gasteiger partial charge is 0.508 e. The highest BCUT2D eigenvalue weighted by Gasteiger charge is 2.01. The minimum Gasteiger partial charge on any atom is -0.508 e. The smallest absolute Gasteiger partial charge is 0.120 e. The Hall–Kier alpha value is -0.620. The first-order chi connectivity index (χ1) is 8.59. The minimum atomic E-state index is 0.319. The molecule has 18 heavy (non-hydrogen) atoms. The highest BCUT2D eigenvalue weighted by atomic mass is 79.9. The summed E-state index contributed by atoms with van der Waals surface area (Å²) in [7, 11) is 4.05. The van der Waals surface area contributed by atoms with Crippen molar-refractivity contribution in [2.24, 2.45) is 0 Å². The van der Waals surface area contributed by atoms with E-state index < -0.39 is 0 Å². The first kappa shape index (κ1) is 15.4. The zero-order chi connectivity index (χ0) is 13.4. The molecule has 0 amide bonds. The van der Waals surface area contributed by atoms with Gasteiger partial charge in [0.05, 0.1) is 13.2 Å². The Morgan fingerprint density at radius 2 is 2.11 bits per heavy atom. The normalized spacial score (nSPS) is 11.1. The Kier molecular flexibility index (Phi) is 7.27. The molecule has 0 radical (unpaired) electrons. The van der Waals surface area contributed by atoms with Gasteiger partial charge in [-0.2, -0.15) is 0 Å².